The van der Waals surface area contributed by atoms with Crippen molar-refractivity contribution >= 4 is 39.3 Å². The first-order valence-electron chi connectivity index (χ1n) is 6.94. The lowest BCUT2D eigenvalue weighted by atomic mass is 10.0. The van der Waals surface area contributed by atoms with Crippen LogP contribution in [0.3, 0.4) is 0 Å². The van der Waals surface area contributed by atoms with Gasteiger partial charge >= 0.3 is 0 Å². The number of nitrogen functional groups attached to an aromatic ring is 1. The van der Waals surface area contributed by atoms with E-state index in [1.54, 1.807) is 0 Å². The Labute approximate surface area is 134 Å². The lowest BCUT2D eigenvalue weighted by molar-refractivity contribution is 1.43. The van der Waals surface area contributed by atoms with Crippen LogP contribution in [0.25, 0.3) is 21.9 Å². The molecule has 0 aliphatic heterocycles. The standard InChI is InChI=1S/C19H15ClN2/c20-18(10-13-4-2-1-3-5-13)16-8-6-15-12-17(19(21)22)9-7-14(15)11-16/h1-12H,(H3,21,22)/b18-10-. The van der Waals surface area contributed by atoms with E-state index in [0.29, 0.717) is 5.03 Å². The summed E-state index contributed by atoms with van der Waals surface area (Å²) >= 11 is 6.43. The summed E-state index contributed by atoms with van der Waals surface area (Å²) in [5, 5.41) is 10.3. The molecule has 0 fully saturated rings. The Bertz CT molecular complexity index is 867. The molecule has 0 aliphatic rings. The van der Waals surface area contributed by atoms with Crippen molar-refractivity contribution in [2.45, 2.75) is 0 Å². The van der Waals surface area contributed by atoms with Crippen molar-refractivity contribution in [3.05, 3.63) is 83.4 Å². The zero-order valence-corrected chi connectivity index (χ0v) is 12.6. The van der Waals surface area contributed by atoms with Gasteiger partial charge in [0.05, 0.1) is 0 Å². The molecule has 0 saturated carbocycles. The molecular formula is C19H15ClN2. The molecule has 3 rings (SSSR count). The third kappa shape index (κ3) is 3.02. The van der Waals surface area contributed by atoms with Crippen molar-refractivity contribution in [3.8, 4) is 0 Å². The second-order valence-electron chi connectivity index (χ2n) is 5.09. The number of nitrogens with two attached hydrogens (primary N) is 1. The van der Waals surface area contributed by atoms with Crippen molar-refractivity contribution in [2.75, 3.05) is 0 Å². The minimum Gasteiger partial charge on any atom is -0.384 e. The fourth-order valence-corrected chi connectivity index (χ4v) is 2.58. The van der Waals surface area contributed by atoms with Crippen LogP contribution in [0.15, 0.2) is 66.7 Å². The van der Waals surface area contributed by atoms with Gasteiger partial charge in [0.1, 0.15) is 5.84 Å². The second-order valence-corrected chi connectivity index (χ2v) is 5.50. The van der Waals surface area contributed by atoms with Gasteiger partial charge in [0.15, 0.2) is 0 Å². The molecule has 3 aromatic carbocycles. The Hall–Kier alpha value is -2.58. The van der Waals surface area contributed by atoms with Gasteiger partial charge in [-0.05, 0) is 40.1 Å². The van der Waals surface area contributed by atoms with E-state index >= 15 is 0 Å². The van der Waals surface area contributed by atoms with Gasteiger partial charge in [-0.2, -0.15) is 0 Å². The first-order chi connectivity index (χ1) is 10.6. The predicted octanol–water partition coefficient (Wildman–Crippen LogP) is 4.86. The molecule has 0 saturated heterocycles. The number of halogens is 1. The number of fused-ring (bicyclic) bond motifs is 1. The van der Waals surface area contributed by atoms with Crippen molar-refractivity contribution in [1.29, 1.82) is 5.41 Å². The summed E-state index contributed by atoms with van der Waals surface area (Å²) in [7, 11) is 0. The molecule has 0 spiro atoms. The van der Waals surface area contributed by atoms with Crippen LogP contribution < -0.4 is 5.73 Å². The Morgan fingerprint density at radius 2 is 1.45 bits per heavy atom. The molecule has 0 unspecified atom stereocenters. The number of hydrogen-bond donors (Lipinski definition) is 2. The minimum atomic E-state index is 0.0768. The molecule has 0 aliphatic carbocycles. The molecule has 0 amide bonds. The number of nitrogens with one attached hydrogen (secondary N) is 1. The van der Waals surface area contributed by atoms with Crippen LogP contribution in [0.1, 0.15) is 16.7 Å². The molecule has 0 radical (unpaired) electrons. The highest BCUT2D eigenvalue weighted by Crippen LogP contribution is 2.26. The van der Waals surface area contributed by atoms with E-state index in [2.05, 4.69) is 0 Å². The molecule has 0 aromatic heterocycles. The van der Waals surface area contributed by atoms with Crippen LogP contribution in [0.5, 0.6) is 0 Å². The van der Waals surface area contributed by atoms with Gasteiger partial charge in [-0.15, -0.1) is 0 Å². The number of hydrogen-bond acceptors (Lipinski definition) is 1. The fraction of sp³-hybridized carbons (Fsp3) is 0. The molecule has 22 heavy (non-hydrogen) atoms. The highest BCUT2D eigenvalue weighted by molar-refractivity contribution is 6.51. The van der Waals surface area contributed by atoms with Gasteiger partial charge < -0.3 is 5.73 Å². The summed E-state index contributed by atoms with van der Waals surface area (Å²) in [6, 6.07) is 21.7. The molecule has 2 nitrogen and oxygen atoms in total. The van der Waals surface area contributed by atoms with E-state index in [9.17, 15) is 0 Å². The summed E-state index contributed by atoms with van der Waals surface area (Å²) in [4.78, 5) is 0. The van der Waals surface area contributed by atoms with E-state index < -0.39 is 0 Å². The number of amidine groups is 1. The van der Waals surface area contributed by atoms with E-state index in [1.807, 2.05) is 72.8 Å². The summed E-state index contributed by atoms with van der Waals surface area (Å²) in [6.07, 6.45) is 1.95. The second kappa shape index (κ2) is 6.04. The highest BCUT2D eigenvalue weighted by atomic mass is 35.5. The molecule has 0 atom stereocenters. The Morgan fingerprint density at radius 1 is 0.864 bits per heavy atom. The normalized spacial score (nSPS) is 11.6. The Morgan fingerprint density at radius 3 is 2.09 bits per heavy atom. The van der Waals surface area contributed by atoms with Gasteiger partial charge in [-0.3, -0.25) is 5.41 Å². The van der Waals surface area contributed by atoms with E-state index in [0.717, 1.165) is 27.5 Å². The Kier molecular flexibility index (Phi) is 3.94. The van der Waals surface area contributed by atoms with Gasteiger partial charge in [0, 0.05) is 10.6 Å². The summed E-state index contributed by atoms with van der Waals surface area (Å²) in [6.45, 7) is 0. The molecule has 0 bridgehead atoms. The molecule has 3 heteroatoms. The van der Waals surface area contributed by atoms with Gasteiger partial charge in [-0.25, -0.2) is 0 Å². The zero-order valence-electron chi connectivity index (χ0n) is 11.9. The lowest BCUT2D eigenvalue weighted by Gasteiger charge is -2.05. The average molecular weight is 307 g/mol. The van der Waals surface area contributed by atoms with Crippen LogP contribution in [0.4, 0.5) is 0 Å². The van der Waals surface area contributed by atoms with E-state index in [-0.39, 0.29) is 5.84 Å². The summed E-state index contributed by atoms with van der Waals surface area (Å²) in [5.74, 6) is 0.0768. The molecule has 0 heterocycles. The van der Waals surface area contributed by atoms with Crippen molar-refractivity contribution < 1.29 is 0 Å². The largest absolute Gasteiger partial charge is 0.384 e. The highest BCUT2D eigenvalue weighted by Gasteiger charge is 2.03. The van der Waals surface area contributed by atoms with Crippen molar-refractivity contribution in [1.82, 2.24) is 0 Å². The Balaban J connectivity index is 2.00. The molecule has 108 valence electrons. The van der Waals surface area contributed by atoms with Gasteiger partial charge in [0.2, 0.25) is 0 Å². The van der Waals surface area contributed by atoms with Crippen molar-refractivity contribution in [2.24, 2.45) is 5.73 Å². The first kappa shape index (κ1) is 14.4. The maximum absolute atomic E-state index is 7.49. The third-order valence-electron chi connectivity index (χ3n) is 3.52. The predicted molar refractivity (Wildman–Crippen MR) is 95.1 cm³/mol. The summed E-state index contributed by atoms with van der Waals surface area (Å²) < 4.78 is 0. The van der Waals surface area contributed by atoms with Crippen LogP contribution in [-0.2, 0) is 0 Å². The first-order valence-corrected chi connectivity index (χ1v) is 7.32. The number of rotatable bonds is 3. The lowest BCUT2D eigenvalue weighted by Crippen LogP contribution is -2.10. The fourth-order valence-electron chi connectivity index (χ4n) is 2.34. The third-order valence-corrected chi connectivity index (χ3v) is 3.85. The van der Waals surface area contributed by atoms with Crippen LogP contribution in [0, 0.1) is 5.41 Å². The minimum absolute atomic E-state index is 0.0768. The zero-order chi connectivity index (χ0) is 15.5. The SMILES string of the molecule is N=C(N)c1ccc2cc(/C(Cl)=C/c3ccccc3)ccc2c1. The monoisotopic (exact) mass is 306 g/mol. The maximum Gasteiger partial charge on any atom is 0.122 e. The van der Waals surface area contributed by atoms with Crippen molar-refractivity contribution in [3.63, 3.8) is 0 Å². The van der Waals surface area contributed by atoms with Crippen LogP contribution >= 0.6 is 11.6 Å². The maximum atomic E-state index is 7.49. The molecule has 3 aromatic rings. The van der Waals surface area contributed by atoms with Crippen LogP contribution in [-0.4, -0.2) is 5.84 Å². The van der Waals surface area contributed by atoms with Gasteiger partial charge in [0.25, 0.3) is 0 Å². The topological polar surface area (TPSA) is 49.9 Å². The molecular weight excluding hydrogens is 292 g/mol. The van der Waals surface area contributed by atoms with E-state index in [4.69, 9.17) is 22.7 Å². The van der Waals surface area contributed by atoms with E-state index in [1.165, 1.54) is 0 Å². The molecule has 3 N–H and O–H groups in total. The van der Waals surface area contributed by atoms with Gasteiger partial charge in [-0.1, -0.05) is 66.2 Å². The smallest absolute Gasteiger partial charge is 0.122 e. The summed E-state index contributed by atoms with van der Waals surface area (Å²) in [5.41, 5.74) is 8.29. The quantitative estimate of drug-likeness (QED) is 0.405. The number of benzene rings is 3. The average Bonchev–Trinajstić information content (AvgIpc) is 2.54. The van der Waals surface area contributed by atoms with Crippen LogP contribution in [0.2, 0.25) is 0 Å².